The number of aryl methyl sites for hydroxylation is 1. The fourth-order valence-electron chi connectivity index (χ4n) is 2.19. The molecule has 1 N–H and O–H groups in total. The van der Waals surface area contributed by atoms with Gasteiger partial charge in [0.1, 0.15) is 5.82 Å². The van der Waals surface area contributed by atoms with E-state index in [-0.39, 0.29) is 11.7 Å². The summed E-state index contributed by atoms with van der Waals surface area (Å²) in [4.78, 5) is 18.2. The number of benzene rings is 1. The zero-order valence-corrected chi connectivity index (χ0v) is 11.9. The fraction of sp³-hybridized carbons (Fsp3) is 0.214. The fourth-order valence-corrected chi connectivity index (χ4v) is 2.19. The van der Waals surface area contributed by atoms with Crippen molar-refractivity contribution in [2.75, 3.05) is 6.61 Å². The Morgan fingerprint density at radius 3 is 2.65 bits per heavy atom. The molecule has 0 spiro atoms. The first-order valence-corrected chi connectivity index (χ1v) is 6.62. The number of hydrogen-bond acceptors (Lipinski definition) is 4. The molecule has 0 radical (unpaired) electrons. The summed E-state index contributed by atoms with van der Waals surface area (Å²) < 4.78 is 43.3. The van der Waals surface area contributed by atoms with Crippen molar-refractivity contribution in [3.63, 3.8) is 0 Å². The van der Waals surface area contributed by atoms with Crippen molar-refractivity contribution < 1.29 is 17.9 Å². The van der Waals surface area contributed by atoms with E-state index in [4.69, 9.17) is 4.74 Å². The summed E-state index contributed by atoms with van der Waals surface area (Å²) in [5.74, 6) is -0.408. The minimum atomic E-state index is -2.69. The van der Waals surface area contributed by atoms with Gasteiger partial charge in [-0.1, -0.05) is 12.1 Å². The molecule has 6 nitrogen and oxygen atoms in total. The quantitative estimate of drug-likeness (QED) is 0.798. The molecule has 0 aliphatic heterocycles. The topological polar surface area (TPSA) is 72.3 Å². The molecule has 0 amide bonds. The molecule has 0 aliphatic carbocycles. The van der Waals surface area contributed by atoms with Crippen LogP contribution < -0.4 is 10.4 Å². The summed E-state index contributed by atoms with van der Waals surface area (Å²) in [6.07, 6.45) is -2.69. The highest BCUT2D eigenvalue weighted by Gasteiger charge is 2.17. The number of rotatable bonds is 4. The van der Waals surface area contributed by atoms with Crippen LogP contribution in [0, 0.1) is 12.7 Å². The van der Waals surface area contributed by atoms with Gasteiger partial charge in [-0.15, -0.1) is 0 Å². The van der Waals surface area contributed by atoms with E-state index in [2.05, 4.69) is 15.1 Å². The molecule has 2 aromatic heterocycles. The Hall–Kier alpha value is -2.84. The van der Waals surface area contributed by atoms with Crippen LogP contribution in [-0.2, 0) is 0 Å². The third-order valence-corrected chi connectivity index (χ3v) is 3.13. The molecule has 0 fully saturated rings. The summed E-state index contributed by atoms with van der Waals surface area (Å²) in [5.41, 5.74) is 1.05. The highest BCUT2D eigenvalue weighted by atomic mass is 19.3. The predicted molar refractivity (Wildman–Crippen MR) is 75.2 cm³/mol. The Morgan fingerprint density at radius 2 is 2.00 bits per heavy atom. The molecular formula is C14H11F3N4O2. The zero-order chi connectivity index (χ0) is 16.6. The van der Waals surface area contributed by atoms with E-state index in [9.17, 15) is 18.0 Å². The maximum Gasteiger partial charge on any atom is 0.352 e. The molecule has 2 heterocycles. The number of halogens is 3. The summed E-state index contributed by atoms with van der Waals surface area (Å²) in [5, 5.41) is 4.06. The Bertz CT molecular complexity index is 903. The van der Waals surface area contributed by atoms with E-state index >= 15 is 0 Å². The van der Waals surface area contributed by atoms with Crippen molar-refractivity contribution in [1.29, 1.82) is 0 Å². The van der Waals surface area contributed by atoms with E-state index in [0.29, 0.717) is 16.8 Å². The van der Waals surface area contributed by atoms with Gasteiger partial charge in [-0.25, -0.2) is 18.0 Å². The van der Waals surface area contributed by atoms with Gasteiger partial charge in [0.15, 0.2) is 12.3 Å². The number of hydrogen-bond donors (Lipinski definition) is 1. The van der Waals surface area contributed by atoms with Crippen molar-refractivity contribution in [1.82, 2.24) is 19.6 Å². The van der Waals surface area contributed by atoms with Crippen LogP contribution in [0.3, 0.4) is 0 Å². The average Bonchev–Trinajstić information content (AvgIpc) is 2.83. The number of H-pyrrole nitrogens is 1. The van der Waals surface area contributed by atoms with Gasteiger partial charge in [-0.2, -0.15) is 14.6 Å². The summed E-state index contributed by atoms with van der Waals surface area (Å²) >= 11 is 0. The Labute approximate surface area is 127 Å². The Balaban J connectivity index is 2.15. The molecule has 3 rings (SSSR count). The van der Waals surface area contributed by atoms with Crippen LogP contribution in [0.5, 0.6) is 6.01 Å². The highest BCUT2D eigenvalue weighted by Crippen LogP contribution is 2.27. The van der Waals surface area contributed by atoms with Crippen LogP contribution in [0.15, 0.2) is 29.1 Å². The van der Waals surface area contributed by atoms with E-state index in [0.717, 1.165) is 4.52 Å². The molecule has 3 aromatic rings. The summed E-state index contributed by atoms with van der Waals surface area (Å²) in [7, 11) is 0. The molecule has 0 saturated carbocycles. The van der Waals surface area contributed by atoms with E-state index < -0.39 is 24.5 Å². The van der Waals surface area contributed by atoms with Gasteiger partial charge in [-0.05, 0) is 24.6 Å². The van der Waals surface area contributed by atoms with Gasteiger partial charge >= 0.3 is 5.69 Å². The SMILES string of the molecule is Cc1nn2c(=O)[nH]c(OCC(F)F)nc2c1-c1ccc(F)cc1. The first-order chi connectivity index (χ1) is 11.0. The second-order valence-electron chi connectivity index (χ2n) is 4.75. The second-order valence-corrected chi connectivity index (χ2v) is 4.75. The molecule has 23 heavy (non-hydrogen) atoms. The summed E-state index contributed by atoms with van der Waals surface area (Å²) in [6.45, 7) is 0.768. The lowest BCUT2D eigenvalue weighted by Crippen LogP contribution is -2.21. The van der Waals surface area contributed by atoms with Crippen molar-refractivity contribution in [3.8, 4) is 17.1 Å². The number of fused-ring (bicyclic) bond motifs is 1. The first-order valence-electron chi connectivity index (χ1n) is 6.62. The third kappa shape index (κ3) is 2.89. The lowest BCUT2D eigenvalue weighted by molar-refractivity contribution is 0.0768. The van der Waals surface area contributed by atoms with Crippen LogP contribution >= 0.6 is 0 Å². The molecule has 0 bridgehead atoms. The minimum absolute atomic E-state index is 0.141. The highest BCUT2D eigenvalue weighted by molar-refractivity contribution is 5.79. The van der Waals surface area contributed by atoms with E-state index in [1.807, 2.05) is 0 Å². The number of aromatic nitrogens is 4. The van der Waals surface area contributed by atoms with Crippen LogP contribution in [0.25, 0.3) is 16.8 Å². The smallest absolute Gasteiger partial charge is 0.352 e. The molecule has 0 saturated heterocycles. The molecule has 0 atom stereocenters. The second kappa shape index (κ2) is 5.75. The molecule has 120 valence electrons. The Kier molecular flexibility index (Phi) is 3.77. The predicted octanol–water partition coefficient (Wildman–Crippen LogP) is 2.18. The molecular weight excluding hydrogens is 313 g/mol. The number of alkyl halides is 2. The van der Waals surface area contributed by atoms with Crippen LogP contribution in [0.1, 0.15) is 5.69 Å². The van der Waals surface area contributed by atoms with Gasteiger partial charge < -0.3 is 4.74 Å². The number of ether oxygens (including phenoxy) is 1. The minimum Gasteiger partial charge on any atom is -0.459 e. The number of nitrogens with zero attached hydrogens (tertiary/aromatic N) is 3. The maximum atomic E-state index is 13.1. The Morgan fingerprint density at radius 1 is 1.30 bits per heavy atom. The lowest BCUT2D eigenvalue weighted by atomic mass is 10.1. The van der Waals surface area contributed by atoms with Crippen molar-refractivity contribution in [3.05, 3.63) is 46.3 Å². The number of aromatic amines is 1. The van der Waals surface area contributed by atoms with Gasteiger partial charge in [0.05, 0.1) is 5.69 Å². The third-order valence-electron chi connectivity index (χ3n) is 3.13. The van der Waals surface area contributed by atoms with E-state index in [1.165, 1.54) is 24.3 Å². The average molecular weight is 324 g/mol. The van der Waals surface area contributed by atoms with E-state index in [1.54, 1.807) is 6.92 Å². The lowest BCUT2D eigenvalue weighted by Gasteiger charge is -2.05. The normalized spacial score (nSPS) is 11.3. The van der Waals surface area contributed by atoms with Gasteiger partial charge in [0, 0.05) is 5.56 Å². The zero-order valence-electron chi connectivity index (χ0n) is 11.9. The summed E-state index contributed by atoms with van der Waals surface area (Å²) in [6, 6.07) is 5.23. The van der Waals surface area contributed by atoms with Gasteiger partial charge in [0.25, 0.3) is 12.4 Å². The molecule has 0 unspecified atom stereocenters. The standard InChI is InChI=1S/C14H11F3N4O2/c1-7-11(8-2-4-9(15)5-3-8)12-18-13(23-6-10(16)17)19-14(22)21(12)20-7/h2-5,10H,6H2,1H3,(H,18,19,22). The largest absolute Gasteiger partial charge is 0.459 e. The first kappa shape index (κ1) is 15.1. The van der Waals surface area contributed by atoms with Gasteiger partial charge in [0.2, 0.25) is 0 Å². The van der Waals surface area contributed by atoms with Crippen LogP contribution in [0.2, 0.25) is 0 Å². The maximum absolute atomic E-state index is 13.1. The van der Waals surface area contributed by atoms with Crippen molar-refractivity contribution in [2.24, 2.45) is 0 Å². The van der Waals surface area contributed by atoms with Gasteiger partial charge in [-0.3, -0.25) is 4.98 Å². The van der Waals surface area contributed by atoms with Crippen molar-refractivity contribution >= 4 is 5.65 Å². The van der Waals surface area contributed by atoms with Crippen LogP contribution in [-0.4, -0.2) is 32.6 Å². The molecule has 0 aliphatic rings. The monoisotopic (exact) mass is 324 g/mol. The van der Waals surface area contributed by atoms with Crippen molar-refractivity contribution in [2.45, 2.75) is 13.3 Å². The molecule has 9 heteroatoms. The molecule has 1 aromatic carbocycles. The number of nitrogens with one attached hydrogen (secondary N) is 1. The van der Waals surface area contributed by atoms with Crippen LogP contribution in [0.4, 0.5) is 13.2 Å².